The van der Waals surface area contributed by atoms with Gasteiger partial charge in [-0.3, -0.25) is 0 Å². The highest BCUT2D eigenvalue weighted by Gasteiger charge is 2.47. The molecule has 0 saturated heterocycles. The molecule has 18 heavy (non-hydrogen) atoms. The smallest absolute Gasteiger partial charge is 0.418 e. The van der Waals surface area contributed by atoms with E-state index < -0.39 is 0 Å². The Morgan fingerprint density at radius 2 is 2.06 bits per heavy atom. The SMILES string of the molecule is CCOC(=O)[N+]1(OCC)CCCc2ccccc21. The maximum atomic E-state index is 12.3. The predicted octanol–water partition coefficient (Wildman–Crippen LogP) is 3.05. The third-order valence-electron chi connectivity index (χ3n) is 3.21. The van der Waals surface area contributed by atoms with E-state index in [2.05, 4.69) is 6.07 Å². The number of amides is 1. The molecule has 0 radical (unpaired) electrons. The van der Waals surface area contributed by atoms with E-state index in [1.165, 1.54) is 5.56 Å². The first kappa shape index (κ1) is 13.1. The Labute approximate surface area is 108 Å². The fourth-order valence-electron chi connectivity index (χ4n) is 2.51. The third kappa shape index (κ3) is 2.13. The lowest BCUT2D eigenvalue weighted by molar-refractivity contribution is -0.126. The van der Waals surface area contributed by atoms with Gasteiger partial charge in [-0.1, -0.05) is 18.2 Å². The summed E-state index contributed by atoms with van der Waals surface area (Å²) in [5.41, 5.74) is 2.09. The molecular formula is C14H20NO3+. The Kier molecular flexibility index (Phi) is 3.99. The Hall–Kier alpha value is -1.39. The first-order chi connectivity index (χ1) is 8.74. The van der Waals surface area contributed by atoms with E-state index >= 15 is 0 Å². The second kappa shape index (κ2) is 5.50. The number of rotatable bonds is 3. The number of ether oxygens (including phenoxy) is 1. The molecule has 0 N–H and O–H groups in total. The van der Waals surface area contributed by atoms with Crippen LogP contribution < -0.4 is 4.65 Å². The van der Waals surface area contributed by atoms with Crippen molar-refractivity contribution < 1.29 is 14.4 Å². The Bertz CT molecular complexity index is 433. The normalized spacial score (nSPS) is 22.3. The van der Waals surface area contributed by atoms with Crippen molar-refractivity contribution in [2.75, 3.05) is 19.8 Å². The van der Waals surface area contributed by atoms with Crippen LogP contribution in [0.25, 0.3) is 0 Å². The van der Waals surface area contributed by atoms with Crippen molar-refractivity contribution in [1.82, 2.24) is 4.65 Å². The Morgan fingerprint density at radius 1 is 1.28 bits per heavy atom. The van der Waals surface area contributed by atoms with Crippen LogP contribution in [0.5, 0.6) is 0 Å². The summed E-state index contributed by atoms with van der Waals surface area (Å²) in [6, 6.07) is 7.95. The van der Waals surface area contributed by atoms with Crippen LogP contribution >= 0.6 is 0 Å². The van der Waals surface area contributed by atoms with Crippen molar-refractivity contribution in [3.05, 3.63) is 29.8 Å². The lowest BCUT2D eigenvalue weighted by Crippen LogP contribution is -2.57. The molecule has 1 unspecified atom stereocenters. The van der Waals surface area contributed by atoms with Crippen LogP contribution in [0.2, 0.25) is 0 Å². The molecule has 0 spiro atoms. The molecule has 2 rings (SSSR count). The zero-order valence-electron chi connectivity index (χ0n) is 11.0. The molecule has 4 nitrogen and oxygen atoms in total. The minimum absolute atomic E-state index is 0.124. The van der Waals surface area contributed by atoms with Crippen LogP contribution in [0, 0.1) is 0 Å². The van der Waals surface area contributed by atoms with Gasteiger partial charge in [-0.15, -0.1) is 0 Å². The summed E-state index contributed by atoms with van der Waals surface area (Å²) in [4.78, 5) is 18.1. The van der Waals surface area contributed by atoms with E-state index in [4.69, 9.17) is 9.57 Å². The molecule has 1 aromatic rings. The standard InChI is InChI=1S/C14H20NO3/c1-3-17-14(16)15(18-4-2)11-7-9-12-8-5-6-10-13(12)15/h5-6,8,10H,3-4,7,9,11H2,1-2H3/q+1. The first-order valence-corrected chi connectivity index (χ1v) is 6.53. The summed E-state index contributed by atoms with van der Waals surface area (Å²) in [6.45, 7) is 5.21. The molecule has 0 fully saturated rings. The van der Waals surface area contributed by atoms with Gasteiger partial charge in [0.05, 0.1) is 6.61 Å². The highest BCUT2D eigenvalue weighted by atomic mass is 16.8. The zero-order valence-corrected chi connectivity index (χ0v) is 11.0. The van der Waals surface area contributed by atoms with E-state index in [0.717, 1.165) is 18.5 Å². The molecule has 1 amide bonds. The molecular weight excluding hydrogens is 230 g/mol. The van der Waals surface area contributed by atoms with Crippen LogP contribution in [0.15, 0.2) is 24.3 Å². The molecule has 1 aliphatic rings. The van der Waals surface area contributed by atoms with E-state index in [9.17, 15) is 4.79 Å². The number of carbonyl (C=O) groups excluding carboxylic acids is 1. The fourth-order valence-corrected chi connectivity index (χ4v) is 2.51. The average molecular weight is 250 g/mol. The largest absolute Gasteiger partial charge is 0.555 e. The summed E-state index contributed by atoms with van der Waals surface area (Å²) in [5, 5.41) is 0. The number of para-hydroxylation sites is 1. The van der Waals surface area contributed by atoms with Gasteiger partial charge in [-0.05, 0) is 24.9 Å². The maximum absolute atomic E-state index is 12.3. The second-order valence-electron chi connectivity index (χ2n) is 4.31. The van der Waals surface area contributed by atoms with Crippen molar-refractivity contribution in [2.45, 2.75) is 26.7 Å². The van der Waals surface area contributed by atoms with Gasteiger partial charge in [0.15, 0.2) is 5.69 Å². The summed E-state index contributed by atoms with van der Waals surface area (Å²) in [7, 11) is 0. The second-order valence-corrected chi connectivity index (χ2v) is 4.31. The predicted molar refractivity (Wildman–Crippen MR) is 70.1 cm³/mol. The lowest BCUT2D eigenvalue weighted by atomic mass is 10.0. The van der Waals surface area contributed by atoms with Gasteiger partial charge in [0.1, 0.15) is 13.2 Å². The van der Waals surface area contributed by atoms with E-state index in [1.807, 2.05) is 32.0 Å². The fraction of sp³-hybridized carbons (Fsp3) is 0.500. The van der Waals surface area contributed by atoms with Crippen molar-refractivity contribution in [3.63, 3.8) is 0 Å². The van der Waals surface area contributed by atoms with E-state index in [1.54, 1.807) is 0 Å². The molecule has 1 aromatic carbocycles. The van der Waals surface area contributed by atoms with Gasteiger partial charge in [0, 0.05) is 18.1 Å². The number of fused-ring (bicyclic) bond motifs is 1. The molecule has 1 aliphatic heterocycles. The highest BCUT2D eigenvalue weighted by molar-refractivity contribution is 5.82. The number of benzene rings is 1. The van der Waals surface area contributed by atoms with Crippen LogP contribution in [0.4, 0.5) is 10.5 Å². The minimum atomic E-state index is -0.313. The number of quaternary nitrogens is 1. The molecule has 0 aliphatic carbocycles. The molecule has 1 heterocycles. The van der Waals surface area contributed by atoms with Gasteiger partial charge >= 0.3 is 6.09 Å². The summed E-state index contributed by atoms with van der Waals surface area (Å²) >= 11 is 0. The third-order valence-corrected chi connectivity index (χ3v) is 3.21. The number of hydrogen-bond acceptors (Lipinski definition) is 3. The summed E-state index contributed by atoms with van der Waals surface area (Å²) < 4.78 is 5.08. The van der Waals surface area contributed by atoms with E-state index in [0.29, 0.717) is 19.8 Å². The van der Waals surface area contributed by atoms with Crippen LogP contribution in [-0.2, 0) is 16.0 Å². The number of carbonyl (C=O) groups is 1. The highest BCUT2D eigenvalue weighted by Crippen LogP contribution is 2.34. The molecule has 98 valence electrons. The number of hydrogen-bond donors (Lipinski definition) is 0. The number of nitrogens with zero attached hydrogens (tertiary/aromatic N) is 1. The van der Waals surface area contributed by atoms with Gasteiger partial charge in [0.2, 0.25) is 0 Å². The van der Waals surface area contributed by atoms with Crippen molar-refractivity contribution in [2.24, 2.45) is 0 Å². The van der Waals surface area contributed by atoms with Gasteiger partial charge in [0.25, 0.3) is 0 Å². The summed E-state index contributed by atoms with van der Waals surface area (Å²) in [5.74, 6) is 0. The molecule has 1 atom stereocenters. The first-order valence-electron chi connectivity index (χ1n) is 6.53. The van der Waals surface area contributed by atoms with E-state index in [-0.39, 0.29) is 10.7 Å². The quantitative estimate of drug-likeness (QED) is 0.773. The van der Waals surface area contributed by atoms with Gasteiger partial charge < -0.3 is 4.74 Å². The van der Waals surface area contributed by atoms with Crippen LogP contribution in [-0.4, -0.2) is 25.9 Å². The van der Waals surface area contributed by atoms with Crippen molar-refractivity contribution in [3.8, 4) is 0 Å². The summed E-state index contributed by atoms with van der Waals surface area (Å²) in [6.07, 6.45) is 1.60. The average Bonchev–Trinajstić information content (AvgIpc) is 2.39. The Morgan fingerprint density at radius 3 is 2.78 bits per heavy atom. The van der Waals surface area contributed by atoms with Gasteiger partial charge in [-0.2, -0.15) is 9.63 Å². The number of hydroxylamine groups is 2. The molecule has 0 aromatic heterocycles. The lowest BCUT2D eigenvalue weighted by Gasteiger charge is -2.34. The van der Waals surface area contributed by atoms with Crippen LogP contribution in [0.3, 0.4) is 0 Å². The van der Waals surface area contributed by atoms with Gasteiger partial charge in [-0.25, -0.2) is 0 Å². The monoisotopic (exact) mass is 250 g/mol. The molecule has 0 saturated carbocycles. The molecule has 4 heteroatoms. The van der Waals surface area contributed by atoms with Crippen molar-refractivity contribution in [1.29, 1.82) is 0 Å². The molecule has 0 bridgehead atoms. The minimum Gasteiger partial charge on any atom is -0.418 e. The zero-order chi connectivity index (χ0) is 13.0. The topological polar surface area (TPSA) is 35.5 Å². The maximum Gasteiger partial charge on any atom is 0.555 e. The Balaban J connectivity index is 2.45. The van der Waals surface area contributed by atoms with Crippen LogP contribution in [0.1, 0.15) is 25.8 Å². The van der Waals surface area contributed by atoms with Crippen molar-refractivity contribution >= 4 is 11.8 Å². The number of aryl methyl sites for hydroxylation is 1.